The summed E-state index contributed by atoms with van der Waals surface area (Å²) in [5.74, 6) is -0.893. The highest BCUT2D eigenvalue weighted by Gasteiger charge is 2.41. The zero-order valence-electron chi connectivity index (χ0n) is 14.7. The number of likely N-dealkylation sites (tertiary alicyclic amines) is 1. The molecule has 3 heterocycles. The number of hydrogen-bond acceptors (Lipinski definition) is 4. The molecule has 1 aliphatic rings. The smallest absolute Gasteiger partial charge is 0.289 e. The summed E-state index contributed by atoms with van der Waals surface area (Å²) >= 11 is 0. The molecule has 134 valence electrons. The summed E-state index contributed by atoms with van der Waals surface area (Å²) < 4.78 is 7.47. The van der Waals surface area contributed by atoms with E-state index in [-0.39, 0.29) is 18.4 Å². The molecule has 2 amide bonds. The molecule has 1 fully saturated rings. The molecule has 0 aliphatic carbocycles. The van der Waals surface area contributed by atoms with Gasteiger partial charge in [0.15, 0.2) is 5.76 Å². The number of aryl methyl sites for hydroxylation is 2. The highest BCUT2D eigenvalue weighted by Crippen LogP contribution is 2.34. The van der Waals surface area contributed by atoms with Gasteiger partial charge in [0.2, 0.25) is 5.91 Å². The molecule has 0 saturated carbocycles. The number of fused-ring (bicyclic) bond motifs is 1. The third kappa shape index (κ3) is 2.56. The maximum Gasteiger partial charge on any atom is 0.289 e. The lowest BCUT2D eigenvalue weighted by Crippen LogP contribution is -2.32. The van der Waals surface area contributed by atoms with Gasteiger partial charge in [-0.2, -0.15) is 5.10 Å². The predicted octanol–water partition coefficient (Wildman–Crippen LogP) is 1.82. The molecule has 3 aromatic rings. The topological polar surface area (TPSA) is 94.4 Å². The molecule has 1 saturated heterocycles. The van der Waals surface area contributed by atoms with Gasteiger partial charge in [-0.05, 0) is 18.6 Å². The summed E-state index contributed by atoms with van der Waals surface area (Å²) in [5, 5.41) is 5.09. The molecule has 7 heteroatoms. The number of carbonyl (C=O) groups is 2. The second-order valence-corrected chi connectivity index (χ2v) is 6.83. The third-order valence-corrected chi connectivity index (χ3v) is 5.16. The minimum atomic E-state index is -0.437. The van der Waals surface area contributed by atoms with Crippen molar-refractivity contribution in [2.75, 3.05) is 13.1 Å². The average Bonchev–Trinajstić information content (AvgIpc) is 3.32. The lowest BCUT2D eigenvalue weighted by Gasteiger charge is -2.14. The Morgan fingerprint density at radius 3 is 2.69 bits per heavy atom. The first kappa shape index (κ1) is 16.4. The SMILES string of the molecule is Cc1c(C(=O)N2C[C@H](C(N)=O)[C@@H](c3cnn(C)c3)C2)oc2ccccc12. The Balaban J connectivity index is 1.66. The largest absolute Gasteiger partial charge is 0.451 e. The van der Waals surface area contributed by atoms with E-state index in [2.05, 4.69) is 5.10 Å². The van der Waals surface area contributed by atoms with Crippen LogP contribution in [0.4, 0.5) is 0 Å². The molecule has 0 unspecified atom stereocenters. The summed E-state index contributed by atoms with van der Waals surface area (Å²) in [4.78, 5) is 26.6. The summed E-state index contributed by atoms with van der Waals surface area (Å²) in [6, 6.07) is 7.56. The second-order valence-electron chi connectivity index (χ2n) is 6.83. The highest BCUT2D eigenvalue weighted by atomic mass is 16.3. The van der Waals surface area contributed by atoms with Crippen LogP contribution in [0.1, 0.15) is 27.6 Å². The fraction of sp³-hybridized carbons (Fsp3) is 0.316. The number of furan rings is 1. The van der Waals surface area contributed by atoms with Gasteiger partial charge < -0.3 is 15.1 Å². The Morgan fingerprint density at radius 1 is 1.27 bits per heavy atom. The number of amides is 2. The van der Waals surface area contributed by atoms with Crippen molar-refractivity contribution in [2.24, 2.45) is 18.7 Å². The van der Waals surface area contributed by atoms with Crippen LogP contribution in [-0.2, 0) is 11.8 Å². The summed E-state index contributed by atoms with van der Waals surface area (Å²) in [5.41, 5.74) is 8.00. The van der Waals surface area contributed by atoms with E-state index in [1.54, 1.807) is 15.8 Å². The van der Waals surface area contributed by atoms with Gasteiger partial charge in [0, 0.05) is 43.2 Å². The molecular formula is C19H20N4O3. The van der Waals surface area contributed by atoms with Crippen LogP contribution < -0.4 is 5.73 Å². The first-order chi connectivity index (χ1) is 12.5. The molecule has 0 radical (unpaired) electrons. The summed E-state index contributed by atoms with van der Waals surface area (Å²) in [7, 11) is 1.82. The van der Waals surface area contributed by atoms with Crippen LogP contribution in [0.25, 0.3) is 11.0 Å². The predicted molar refractivity (Wildman–Crippen MR) is 95.5 cm³/mol. The molecule has 2 N–H and O–H groups in total. The molecule has 2 atom stereocenters. The first-order valence-corrected chi connectivity index (χ1v) is 8.51. The monoisotopic (exact) mass is 352 g/mol. The van der Waals surface area contributed by atoms with Gasteiger partial charge in [0.1, 0.15) is 5.58 Å². The number of nitrogens with two attached hydrogens (primary N) is 1. The Hall–Kier alpha value is -3.09. The number of carbonyl (C=O) groups excluding carboxylic acids is 2. The van der Waals surface area contributed by atoms with Gasteiger partial charge in [-0.15, -0.1) is 0 Å². The van der Waals surface area contributed by atoms with Gasteiger partial charge in [-0.25, -0.2) is 0 Å². The standard InChI is InChI=1S/C19H20N4O3/c1-11-13-5-3-4-6-16(13)26-17(11)19(25)23-9-14(15(10-23)18(20)24)12-7-21-22(2)8-12/h3-8,14-15H,9-10H2,1-2H3,(H2,20,24)/t14-,15+/m1/s1. The van der Waals surface area contributed by atoms with Crippen LogP contribution >= 0.6 is 0 Å². The van der Waals surface area contributed by atoms with Crippen molar-refractivity contribution in [1.29, 1.82) is 0 Å². The van der Waals surface area contributed by atoms with E-state index < -0.39 is 11.8 Å². The van der Waals surface area contributed by atoms with Crippen molar-refractivity contribution in [3.8, 4) is 0 Å². The zero-order chi connectivity index (χ0) is 18.4. The lowest BCUT2D eigenvalue weighted by atomic mass is 9.90. The molecular weight excluding hydrogens is 332 g/mol. The van der Waals surface area contributed by atoms with Crippen LogP contribution in [0.15, 0.2) is 41.1 Å². The number of aromatic nitrogens is 2. The Kier molecular flexibility index (Phi) is 3.79. The number of primary amides is 1. The van der Waals surface area contributed by atoms with Crippen molar-refractivity contribution in [3.05, 3.63) is 53.5 Å². The third-order valence-electron chi connectivity index (χ3n) is 5.16. The molecule has 0 bridgehead atoms. The van der Waals surface area contributed by atoms with Gasteiger partial charge in [-0.3, -0.25) is 14.3 Å². The quantitative estimate of drug-likeness (QED) is 0.778. The van der Waals surface area contributed by atoms with E-state index in [0.29, 0.717) is 17.9 Å². The molecule has 1 aromatic carbocycles. The van der Waals surface area contributed by atoms with Crippen LogP contribution in [0.2, 0.25) is 0 Å². The van der Waals surface area contributed by atoms with E-state index in [0.717, 1.165) is 16.5 Å². The van der Waals surface area contributed by atoms with Gasteiger partial charge in [0.25, 0.3) is 5.91 Å². The van der Waals surface area contributed by atoms with Crippen molar-refractivity contribution in [2.45, 2.75) is 12.8 Å². The van der Waals surface area contributed by atoms with Crippen molar-refractivity contribution in [1.82, 2.24) is 14.7 Å². The maximum atomic E-state index is 13.0. The minimum absolute atomic E-state index is 0.158. The van der Waals surface area contributed by atoms with Crippen molar-refractivity contribution in [3.63, 3.8) is 0 Å². The molecule has 4 rings (SSSR count). The number of hydrogen-bond donors (Lipinski definition) is 1. The molecule has 0 spiro atoms. The maximum absolute atomic E-state index is 13.0. The number of nitrogens with zero attached hydrogens (tertiary/aromatic N) is 3. The first-order valence-electron chi connectivity index (χ1n) is 8.51. The van der Waals surface area contributed by atoms with E-state index >= 15 is 0 Å². The fourth-order valence-corrected chi connectivity index (χ4v) is 3.75. The van der Waals surface area contributed by atoms with Crippen LogP contribution in [0.5, 0.6) is 0 Å². The van der Waals surface area contributed by atoms with E-state index in [1.165, 1.54) is 0 Å². The van der Waals surface area contributed by atoms with Crippen molar-refractivity contribution < 1.29 is 14.0 Å². The van der Waals surface area contributed by atoms with Gasteiger partial charge >= 0.3 is 0 Å². The Labute approximate surface area is 150 Å². The molecule has 26 heavy (non-hydrogen) atoms. The van der Waals surface area contributed by atoms with Crippen LogP contribution in [-0.4, -0.2) is 39.6 Å². The Morgan fingerprint density at radius 2 is 2.04 bits per heavy atom. The lowest BCUT2D eigenvalue weighted by molar-refractivity contribution is -0.121. The van der Waals surface area contributed by atoms with Crippen molar-refractivity contribution >= 4 is 22.8 Å². The number of rotatable bonds is 3. The van der Waals surface area contributed by atoms with Crippen LogP contribution in [0, 0.1) is 12.8 Å². The Bertz CT molecular complexity index is 1000. The number of benzene rings is 1. The normalized spacial score (nSPS) is 20.0. The number of para-hydroxylation sites is 1. The minimum Gasteiger partial charge on any atom is -0.451 e. The van der Waals surface area contributed by atoms with E-state index in [9.17, 15) is 9.59 Å². The zero-order valence-corrected chi connectivity index (χ0v) is 14.7. The summed E-state index contributed by atoms with van der Waals surface area (Å²) in [6.45, 7) is 2.57. The van der Waals surface area contributed by atoms with Gasteiger partial charge in [0.05, 0.1) is 12.1 Å². The summed E-state index contributed by atoms with van der Waals surface area (Å²) in [6.07, 6.45) is 3.59. The average molecular weight is 352 g/mol. The van der Waals surface area contributed by atoms with E-state index in [4.69, 9.17) is 10.2 Å². The highest BCUT2D eigenvalue weighted by molar-refractivity contribution is 5.99. The molecule has 7 nitrogen and oxygen atoms in total. The molecule has 1 aliphatic heterocycles. The fourth-order valence-electron chi connectivity index (χ4n) is 3.75. The second kappa shape index (κ2) is 6.01. The van der Waals surface area contributed by atoms with Crippen LogP contribution in [0.3, 0.4) is 0 Å². The van der Waals surface area contributed by atoms with Gasteiger partial charge in [-0.1, -0.05) is 18.2 Å². The molecule has 2 aromatic heterocycles. The van der Waals surface area contributed by atoms with E-state index in [1.807, 2.05) is 44.4 Å².